The first-order valence-corrected chi connectivity index (χ1v) is 5.85. The molecule has 1 atom stereocenters. The van der Waals surface area contributed by atoms with Gasteiger partial charge in [0.15, 0.2) is 0 Å². The van der Waals surface area contributed by atoms with E-state index in [-0.39, 0.29) is 0 Å². The van der Waals surface area contributed by atoms with Crippen molar-refractivity contribution < 1.29 is 0 Å². The summed E-state index contributed by atoms with van der Waals surface area (Å²) in [6.07, 6.45) is 2.89. The lowest BCUT2D eigenvalue weighted by atomic mass is 10.2. The topological polar surface area (TPSA) is 42.7 Å². The summed E-state index contributed by atoms with van der Waals surface area (Å²) in [5.74, 6) is 0. The average Bonchev–Trinajstić information content (AvgIpc) is 2.78. The number of benzene rings is 1. The van der Waals surface area contributed by atoms with Gasteiger partial charge < -0.3 is 5.32 Å². The van der Waals surface area contributed by atoms with Crippen LogP contribution in [-0.4, -0.2) is 28.1 Å². The molecule has 1 unspecified atom stereocenters. The van der Waals surface area contributed by atoms with Crippen molar-refractivity contribution in [2.45, 2.75) is 26.3 Å². The minimum absolute atomic E-state index is 0.414. The lowest BCUT2D eigenvalue weighted by Crippen LogP contribution is -2.23. The summed E-state index contributed by atoms with van der Waals surface area (Å²) >= 11 is 0. The van der Waals surface area contributed by atoms with Gasteiger partial charge in [0, 0.05) is 12.5 Å². The van der Waals surface area contributed by atoms with Crippen LogP contribution in [0, 0.1) is 6.92 Å². The van der Waals surface area contributed by atoms with Gasteiger partial charge in [0.2, 0.25) is 0 Å². The second-order valence-electron chi connectivity index (χ2n) is 4.33. The molecule has 1 heterocycles. The molecule has 1 aromatic heterocycles. The molecule has 4 nitrogen and oxygen atoms in total. The van der Waals surface area contributed by atoms with E-state index in [1.54, 1.807) is 0 Å². The Kier molecular flexibility index (Phi) is 3.54. The number of para-hydroxylation sites is 1. The van der Waals surface area contributed by atoms with E-state index >= 15 is 0 Å². The quantitative estimate of drug-likeness (QED) is 0.869. The van der Waals surface area contributed by atoms with Crippen LogP contribution in [0.5, 0.6) is 0 Å². The van der Waals surface area contributed by atoms with Gasteiger partial charge in [0.25, 0.3) is 0 Å². The van der Waals surface area contributed by atoms with Crippen molar-refractivity contribution >= 4 is 0 Å². The van der Waals surface area contributed by atoms with E-state index in [0.717, 1.165) is 17.8 Å². The molecule has 0 bridgehead atoms. The number of aromatic nitrogens is 3. The van der Waals surface area contributed by atoms with Crippen LogP contribution >= 0.6 is 0 Å². The van der Waals surface area contributed by atoms with Crippen LogP contribution in [0.3, 0.4) is 0 Å². The summed E-state index contributed by atoms with van der Waals surface area (Å²) in [4.78, 5) is 0. The van der Waals surface area contributed by atoms with Crippen molar-refractivity contribution in [1.29, 1.82) is 0 Å². The Balaban J connectivity index is 2.21. The Morgan fingerprint density at radius 1 is 1.35 bits per heavy atom. The third-order valence-electron chi connectivity index (χ3n) is 2.91. The van der Waals surface area contributed by atoms with E-state index in [9.17, 15) is 0 Å². The fraction of sp³-hybridized carbons (Fsp3) is 0.385. The van der Waals surface area contributed by atoms with E-state index in [1.165, 1.54) is 5.56 Å². The monoisotopic (exact) mass is 230 g/mol. The predicted molar refractivity (Wildman–Crippen MR) is 68.3 cm³/mol. The standard InChI is InChI=1S/C13H18N4/c1-10-6-4-5-7-13(10)17-9-12(15-16-17)8-11(2)14-3/h4-7,9,11,14H,8H2,1-3H3. The highest BCUT2D eigenvalue weighted by molar-refractivity contribution is 5.38. The largest absolute Gasteiger partial charge is 0.317 e. The Hall–Kier alpha value is -1.68. The third-order valence-corrected chi connectivity index (χ3v) is 2.91. The molecular formula is C13H18N4. The molecule has 0 aliphatic rings. The molecule has 0 aliphatic carbocycles. The molecule has 4 heteroatoms. The first-order chi connectivity index (χ1) is 8.20. The number of aryl methyl sites for hydroxylation is 1. The maximum atomic E-state index is 4.19. The first kappa shape index (κ1) is 11.8. The van der Waals surface area contributed by atoms with Gasteiger partial charge >= 0.3 is 0 Å². The predicted octanol–water partition coefficient (Wildman–Crippen LogP) is 1.73. The molecule has 90 valence electrons. The molecule has 0 saturated heterocycles. The molecule has 2 aromatic rings. The summed E-state index contributed by atoms with van der Waals surface area (Å²) in [7, 11) is 1.95. The van der Waals surface area contributed by atoms with E-state index in [2.05, 4.69) is 41.6 Å². The third kappa shape index (κ3) is 2.71. The highest BCUT2D eigenvalue weighted by Gasteiger charge is 2.07. The van der Waals surface area contributed by atoms with Gasteiger partial charge in [-0.15, -0.1) is 5.10 Å². The van der Waals surface area contributed by atoms with Crippen molar-refractivity contribution in [1.82, 2.24) is 20.3 Å². The fourth-order valence-electron chi connectivity index (χ4n) is 1.75. The second-order valence-corrected chi connectivity index (χ2v) is 4.33. The lowest BCUT2D eigenvalue weighted by molar-refractivity contribution is 0.599. The van der Waals surface area contributed by atoms with Gasteiger partial charge in [-0.3, -0.25) is 0 Å². The van der Waals surface area contributed by atoms with Gasteiger partial charge in [-0.2, -0.15) is 0 Å². The van der Waals surface area contributed by atoms with E-state index in [4.69, 9.17) is 0 Å². The minimum atomic E-state index is 0.414. The number of nitrogens with one attached hydrogen (secondary N) is 1. The van der Waals surface area contributed by atoms with Gasteiger partial charge in [-0.25, -0.2) is 4.68 Å². The number of nitrogens with zero attached hydrogens (tertiary/aromatic N) is 3. The van der Waals surface area contributed by atoms with Crippen LogP contribution in [0.15, 0.2) is 30.5 Å². The van der Waals surface area contributed by atoms with Crippen molar-refractivity contribution in [2.24, 2.45) is 0 Å². The summed E-state index contributed by atoms with van der Waals surface area (Å²) in [5, 5.41) is 11.6. The number of rotatable bonds is 4. The van der Waals surface area contributed by atoms with E-state index < -0.39 is 0 Å². The molecule has 2 rings (SSSR count). The summed E-state index contributed by atoms with van der Waals surface area (Å²) < 4.78 is 1.84. The first-order valence-electron chi connectivity index (χ1n) is 5.85. The van der Waals surface area contributed by atoms with E-state index in [0.29, 0.717) is 6.04 Å². The van der Waals surface area contributed by atoms with Crippen LogP contribution in [0.2, 0.25) is 0 Å². The average molecular weight is 230 g/mol. The Morgan fingerprint density at radius 2 is 2.12 bits per heavy atom. The lowest BCUT2D eigenvalue weighted by Gasteiger charge is -2.06. The molecule has 0 radical (unpaired) electrons. The van der Waals surface area contributed by atoms with Crippen molar-refractivity contribution in [3.63, 3.8) is 0 Å². The van der Waals surface area contributed by atoms with Gasteiger partial charge in [-0.1, -0.05) is 23.4 Å². The fourth-order valence-corrected chi connectivity index (χ4v) is 1.75. The van der Waals surface area contributed by atoms with Gasteiger partial charge in [0.1, 0.15) is 0 Å². The van der Waals surface area contributed by atoms with Crippen LogP contribution in [0.4, 0.5) is 0 Å². The molecule has 17 heavy (non-hydrogen) atoms. The molecule has 1 aromatic carbocycles. The summed E-state index contributed by atoms with van der Waals surface area (Å²) in [5.41, 5.74) is 3.30. The Morgan fingerprint density at radius 3 is 2.82 bits per heavy atom. The van der Waals surface area contributed by atoms with Gasteiger partial charge in [0.05, 0.1) is 17.6 Å². The van der Waals surface area contributed by atoms with Crippen LogP contribution in [-0.2, 0) is 6.42 Å². The summed E-state index contributed by atoms with van der Waals surface area (Å²) in [6.45, 7) is 4.21. The van der Waals surface area contributed by atoms with Crippen molar-refractivity contribution in [2.75, 3.05) is 7.05 Å². The Bertz CT molecular complexity index is 490. The summed E-state index contributed by atoms with van der Waals surface area (Å²) in [6, 6.07) is 8.58. The minimum Gasteiger partial charge on any atom is -0.317 e. The highest BCUT2D eigenvalue weighted by atomic mass is 15.4. The van der Waals surface area contributed by atoms with E-state index in [1.807, 2.05) is 30.1 Å². The maximum absolute atomic E-state index is 4.19. The number of hydrogen-bond donors (Lipinski definition) is 1. The van der Waals surface area contributed by atoms with Crippen molar-refractivity contribution in [3.05, 3.63) is 41.7 Å². The molecule has 0 spiro atoms. The van der Waals surface area contributed by atoms with Crippen molar-refractivity contribution in [3.8, 4) is 5.69 Å². The zero-order valence-corrected chi connectivity index (χ0v) is 10.5. The zero-order chi connectivity index (χ0) is 12.3. The smallest absolute Gasteiger partial charge is 0.0847 e. The second kappa shape index (κ2) is 5.10. The van der Waals surface area contributed by atoms with Crippen LogP contribution in [0.1, 0.15) is 18.2 Å². The molecule has 0 amide bonds. The maximum Gasteiger partial charge on any atom is 0.0847 e. The normalized spacial score (nSPS) is 12.6. The molecule has 1 N–H and O–H groups in total. The zero-order valence-electron chi connectivity index (χ0n) is 10.5. The van der Waals surface area contributed by atoms with Gasteiger partial charge in [-0.05, 0) is 32.5 Å². The molecular weight excluding hydrogens is 212 g/mol. The molecule has 0 aliphatic heterocycles. The SMILES string of the molecule is CNC(C)Cc1cn(-c2ccccc2C)nn1. The van der Waals surface area contributed by atoms with Crippen LogP contribution < -0.4 is 5.32 Å². The highest BCUT2D eigenvalue weighted by Crippen LogP contribution is 2.12. The molecule has 0 saturated carbocycles. The Labute approximate surface area is 102 Å². The molecule has 0 fully saturated rings. The van der Waals surface area contributed by atoms with Crippen LogP contribution in [0.25, 0.3) is 5.69 Å². The number of likely N-dealkylation sites (N-methyl/N-ethyl adjacent to an activating group) is 1. The number of hydrogen-bond acceptors (Lipinski definition) is 3.